The number of nitrogens with zero attached hydrogens (tertiary/aromatic N) is 3. The first-order valence-corrected chi connectivity index (χ1v) is 13.7. The quantitative estimate of drug-likeness (QED) is 0.178. The van der Waals surface area contributed by atoms with Crippen LogP contribution >= 0.6 is 11.3 Å². The van der Waals surface area contributed by atoms with Gasteiger partial charge in [-0.2, -0.15) is 13.2 Å². The first-order valence-electron chi connectivity index (χ1n) is 12.9. The van der Waals surface area contributed by atoms with Gasteiger partial charge in [0.2, 0.25) is 0 Å². The molecule has 6 rings (SSSR count). The molecule has 0 radical (unpaired) electrons. The number of phenolic OH excluding ortho intramolecular Hbond substituents is 1. The number of halogens is 5. The Balaban J connectivity index is 1.36. The number of phenols is 1. The summed E-state index contributed by atoms with van der Waals surface area (Å²) in [5, 5.41) is 16.6. The van der Waals surface area contributed by atoms with Crippen LogP contribution in [0.4, 0.5) is 48.9 Å². The molecule has 7 nitrogen and oxygen atoms in total. The second-order valence-electron chi connectivity index (χ2n) is 10.6. The molecule has 0 aliphatic carbocycles. The molecule has 3 aromatic carbocycles. The Hall–Kier alpha value is -4.78. The molecule has 0 saturated carbocycles. The number of thiazole rings is 1. The van der Waals surface area contributed by atoms with E-state index in [0.717, 1.165) is 29.5 Å². The van der Waals surface area contributed by atoms with Crippen LogP contribution in [0.25, 0.3) is 21.5 Å². The first kappa shape index (κ1) is 28.3. The maximum absolute atomic E-state index is 15.4. The van der Waals surface area contributed by atoms with Gasteiger partial charge in [0.25, 0.3) is 0 Å². The molecule has 1 aliphatic rings. The van der Waals surface area contributed by atoms with Crippen LogP contribution in [0.3, 0.4) is 0 Å². The fourth-order valence-corrected chi connectivity index (χ4v) is 6.18. The minimum atomic E-state index is -4.61. The molecule has 43 heavy (non-hydrogen) atoms. The number of nitrogens with one attached hydrogen (secondary N) is 2. The zero-order chi connectivity index (χ0) is 30.7. The number of hydrogen-bond donors (Lipinski definition) is 3. The van der Waals surface area contributed by atoms with E-state index >= 15 is 4.39 Å². The number of alkyl halides is 3. The lowest BCUT2D eigenvalue weighted by Crippen LogP contribution is -2.27. The second-order valence-corrected chi connectivity index (χ2v) is 11.6. The number of aromatic nitrogens is 2. The lowest BCUT2D eigenvalue weighted by molar-refractivity contribution is -0.137. The topological polar surface area (TPSA) is 90.4 Å². The van der Waals surface area contributed by atoms with Gasteiger partial charge in [-0.3, -0.25) is 10.3 Å². The Kier molecular flexibility index (Phi) is 6.72. The molecule has 13 heteroatoms. The first-order chi connectivity index (χ1) is 20.3. The van der Waals surface area contributed by atoms with Crippen molar-refractivity contribution in [3.8, 4) is 17.0 Å². The van der Waals surface area contributed by atoms with Crippen molar-refractivity contribution in [3.63, 3.8) is 0 Å². The summed E-state index contributed by atoms with van der Waals surface area (Å²) in [7, 11) is 0. The van der Waals surface area contributed by atoms with E-state index in [-0.39, 0.29) is 34.4 Å². The number of aromatic hydroxyl groups is 1. The summed E-state index contributed by atoms with van der Waals surface area (Å²) in [5.74, 6) is -1.63. The van der Waals surface area contributed by atoms with Gasteiger partial charge in [-0.15, -0.1) is 0 Å². The molecule has 0 saturated heterocycles. The van der Waals surface area contributed by atoms with Gasteiger partial charge >= 0.3 is 12.2 Å². The highest BCUT2D eigenvalue weighted by Gasteiger charge is 2.42. The number of urea groups is 1. The van der Waals surface area contributed by atoms with E-state index in [2.05, 4.69) is 20.6 Å². The van der Waals surface area contributed by atoms with Crippen LogP contribution in [0.2, 0.25) is 0 Å². The summed E-state index contributed by atoms with van der Waals surface area (Å²) in [4.78, 5) is 22.9. The lowest BCUT2D eigenvalue weighted by Gasteiger charge is -2.25. The van der Waals surface area contributed by atoms with Gasteiger partial charge in [0, 0.05) is 29.8 Å². The highest BCUT2D eigenvalue weighted by molar-refractivity contribution is 7.22. The average molecular weight is 612 g/mol. The molecular weight excluding hydrogens is 589 g/mol. The average Bonchev–Trinajstić information content (AvgIpc) is 3.45. The van der Waals surface area contributed by atoms with Crippen LogP contribution in [0.5, 0.6) is 5.75 Å². The summed E-state index contributed by atoms with van der Waals surface area (Å²) < 4.78 is 69.0. The third-order valence-electron chi connectivity index (χ3n) is 7.09. The molecule has 0 bridgehead atoms. The van der Waals surface area contributed by atoms with Crippen molar-refractivity contribution in [3.05, 3.63) is 89.6 Å². The number of rotatable bonds is 4. The van der Waals surface area contributed by atoms with Crippen molar-refractivity contribution >= 4 is 49.8 Å². The molecule has 2 aromatic heterocycles. The van der Waals surface area contributed by atoms with Crippen LogP contribution in [0, 0.1) is 11.6 Å². The Morgan fingerprint density at radius 3 is 2.53 bits per heavy atom. The molecule has 0 unspecified atom stereocenters. The SMILES string of the molecule is CC1(C)CN(c2ccccc2NC(=O)Nc2nc3ccc(F)cc3s2)c2c(O)cc(F)c(-c3ccc(C(F)(F)F)cn3)c21. The van der Waals surface area contributed by atoms with Crippen molar-refractivity contribution in [1.29, 1.82) is 0 Å². The fraction of sp³-hybridized carbons (Fsp3) is 0.167. The normalized spacial score (nSPS) is 14.2. The van der Waals surface area contributed by atoms with Crippen molar-refractivity contribution in [2.75, 3.05) is 22.1 Å². The molecule has 3 N–H and O–H groups in total. The Morgan fingerprint density at radius 2 is 1.81 bits per heavy atom. The fourth-order valence-electron chi connectivity index (χ4n) is 5.29. The van der Waals surface area contributed by atoms with Gasteiger partial charge in [0.1, 0.15) is 17.4 Å². The zero-order valence-electron chi connectivity index (χ0n) is 22.6. The van der Waals surface area contributed by atoms with Crippen LogP contribution in [-0.4, -0.2) is 27.7 Å². The summed E-state index contributed by atoms with van der Waals surface area (Å²) in [5.41, 5.74) is 0.147. The lowest BCUT2D eigenvalue weighted by atomic mass is 9.82. The number of benzene rings is 3. The number of para-hydroxylation sites is 2. The van der Waals surface area contributed by atoms with Crippen LogP contribution in [0.1, 0.15) is 25.0 Å². The van der Waals surface area contributed by atoms with Crippen LogP contribution in [-0.2, 0) is 11.6 Å². The molecule has 0 fully saturated rings. The van der Waals surface area contributed by atoms with Crippen molar-refractivity contribution in [2.45, 2.75) is 25.4 Å². The Morgan fingerprint density at radius 1 is 1.05 bits per heavy atom. The van der Waals surface area contributed by atoms with E-state index in [4.69, 9.17) is 0 Å². The number of carbonyl (C=O) groups is 1. The second kappa shape index (κ2) is 10.2. The van der Waals surface area contributed by atoms with Gasteiger partial charge in [0.15, 0.2) is 5.13 Å². The Bertz CT molecular complexity index is 1890. The van der Waals surface area contributed by atoms with Crippen molar-refractivity contribution in [1.82, 2.24) is 9.97 Å². The van der Waals surface area contributed by atoms with Crippen LogP contribution < -0.4 is 15.5 Å². The summed E-state index contributed by atoms with van der Waals surface area (Å²) in [6.45, 7) is 3.87. The van der Waals surface area contributed by atoms with E-state index in [1.165, 1.54) is 18.2 Å². The molecule has 0 spiro atoms. The van der Waals surface area contributed by atoms with E-state index in [9.17, 15) is 27.5 Å². The summed E-state index contributed by atoms with van der Waals surface area (Å²) in [6, 6.07) is 13.1. The number of pyridine rings is 1. The van der Waals surface area contributed by atoms with Crippen molar-refractivity contribution < 1.29 is 31.9 Å². The maximum atomic E-state index is 15.4. The van der Waals surface area contributed by atoms with Crippen LogP contribution in [0.15, 0.2) is 66.9 Å². The zero-order valence-corrected chi connectivity index (χ0v) is 23.4. The van der Waals surface area contributed by atoms with E-state index < -0.39 is 34.8 Å². The largest absolute Gasteiger partial charge is 0.506 e. The predicted molar refractivity (Wildman–Crippen MR) is 155 cm³/mol. The van der Waals surface area contributed by atoms with Gasteiger partial charge in [-0.1, -0.05) is 37.3 Å². The number of anilines is 4. The molecule has 5 aromatic rings. The predicted octanol–water partition coefficient (Wildman–Crippen LogP) is 8.43. The number of amides is 2. The Labute approximate surface area is 245 Å². The number of fused-ring (bicyclic) bond motifs is 2. The monoisotopic (exact) mass is 611 g/mol. The molecule has 220 valence electrons. The highest BCUT2D eigenvalue weighted by atomic mass is 32.1. The van der Waals surface area contributed by atoms with E-state index in [1.54, 1.807) is 29.2 Å². The molecular formula is C30H22F5N5O2S. The third-order valence-corrected chi connectivity index (χ3v) is 8.03. The number of hydrogen-bond acceptors (Lipinski definition) is 6. The minimum absolute atomic E-state index is 0.0156. The minimum Gasteiger partial charge on any atom is -0.506 e. The molecule has 3 heterocycles. The van der Waals surface area contributed by atoms with Crippen molar-refractivity contribution in [2.24, 2.45) is 0 Å². The molecule has 0 atom stereocenters. The number of carbonyl (C=O) groups excluding carboxylic acids is 1. The molecule has 1 aliphatic heterocycles. The van der Waals surface area contributed by atoms with Gasteiger partial charge in [-0.05, 0) is 48.0 Å². The molecule has 2 amide bonds. The maximum Gasteiger partial charge on any atom is 0.417 e. The van der Waals surface area contributed by atoms with Gasteiger partial charge < -0.3 is 15.3 Å². The van der Waals surface area contributed by atoms with E-state index in [0.29, 0.717) is 33.4 Å². The summed E-state index contributed by atoms with van der Waals surface area (Å²) in [6.07, 6.45) is -3.96. The van der Waals surface area contributed by atoms with E-state index in [1.807, 2.05) is 13.8 Å². The third kappa shape index (κ3) is 5.20. The van der Waals surface area contributed by atoms with Gasteiger partial charge in [0.05, 0.1) is 38.5 Å². The summed E-state index contributed by atoms with van der Waals surface area (Å²) >= 11 is 1.10. The standard InChI is InChI=1S/C30H22F5N5O2S/c1-29(2)14-40(26-22(41)12-17(32)24(25(26)29)20-9-7-15(13-36-20)30(33,34)35)21-6-4-3-5-18(21)37-27(42)39-28-38-19-10-8-16(31)11-23(19)43-28/h3-13,41H,14H2,1-2H3,(H2,37,38,39,42). The smallest absolute Gasteiger partial charge is 0.417 e. The van der Waals surface area contributed by atoms with Gasteiger partial charge in [-0.25, -0.2) is 18.6 Å². The highest BCUT2D eigenvalue weighted by Crippen LogP contribution is 2.54.